The first-order valence-corrected chi connectivity index (χ1v) is 8.12. The zero-order valence-corrected chi connectivity index (χ0v) is 12.3. The standard InChI is InChI=1S/C11H16F4O6S/c12-10(13,11(14,15)22(16,17)18)20-7-8-6-19-9(21-8)4-2-1-3-5-9/h8H,1-7H2,(H,16,17,18). The topological polar surface area (TPSA) is 82.1 Å². The summed E-state index contributed by atoms with van der Waals surface area (Å²) in [6.45, 7) is -1.10. The van der Waals surface area contributed by atoms with Crippen LogP contribution in [0, 0.1) is 0 Å². The smallest absolute Gasteiger partial charge is 0.347 e. The molecule has 6 nitrogen and oxygen atoms in total. The summed E-state index contributed by atoms with van der Waals surface area (Å²) < 4.78 is 95.6. The molecule has 0 aromatic carbocycles. The molecule has 22 heavy (non-hydrogen) atoms. The maximum atomic E-state index is 13.2. The van der Waals surface area contributed by atoms with E-state index in [4.69, 9.17) is 14.0 Å². The van der Waals surface area contributed by atoms with Gasteiger partial charge >= 0.3 is 21.5 Å². The molecule has 2 aliphatic rings. The second-order valence-corrected chi connectivity index (χ2v) is 6.80. The minimum absolute atomic E-state index is 0.118. The highest BCUT2D eigenvalue weighted by Gasteiger charge is 2.67. The van der Waals surface area contributed by atoms with E-state index in [1.807, 2.05) is 0 Å². The van der Waals surface area contributed by atoms with Gasteiger partial charge in [0.05, 0.1) is 13.2 Å². The molecule has 1 saturated carbocycles. The Morgan fingerprint density at radius 3 is 2.32 bits per heavy atom. The van der Waals surface area contributed by atoms with Gasteiger partial charge in [-0.15, -0.1) is 0 Å². The molecular weight excluding hydrogens is 336 g/mol. The Hall–Kier alpha value is -0.490. The molecule has 1 aliphatic heterocycles. The van der Waals surface area contributed by atoms with Gasteiger partial charge in [-0.3, -0.25) is 4.55 Å². The van der Waals surface area contributed by atoms with Crippen LogP contribution in [0.1, 0.15) is 32.1 Å². The molecule has 1 aliphatic carbocycles. The fourth-order valence-electron chi connectivity index (χ4n) is 2.48. The Kier molecular flexibility index (Phi) is 4.75. The third-order valence-electron chi connectivity index (χ3n) is 3.64. The molecule has 1 heterocycles. The largest absolute Gasteiger partial charge is 0.459 e. The van der Waals surface area contributed by atoms with Crippen molar-refractivity contribution in [3.05, 3.63) is 0 Å². The zero-order valence-electron chi connectivity index (χ0n) is 11.4. The average molecular weight is 352 g/mol. The quantitative estimate of drug-likeness (QED) is 0.603. The maximum Gasteiger partial charge on any atom is 0.459 e. The molecule has 1 N–H and O–H groups in total. The molecule has 0 aromatic heterocycles. The van der Waals surface area contributed by atoms with Gasteiger partial charge in [0, 0.05) is 12.8 Å². The lowest BCUT2D eigenvalue weighted by molar-refractivity contribution is -0.325. The summed E-state index contributed by atoms with van der Waals surface area (Å²) in [4.78, 5) is 0. The Morgan fingerprint density at radius 2 is 1.77 bits per heavy atom. The molecular formula is C11H16F4O6S. The molecule has 1 spiro atoms. The normalized spacial score (nSPS) is 26.5. The third kappa shape index (κ3) is 3.37. The maximum absolute atomic E-state index is 13.2. The van der Waals surface area contributed by atoms with Crippen LogP contribution < -0.4 is 0 Å². The van der Waals surface area contributed by atoms with Gasteiger partial charge in [0.2, 0.25) is 0 Å². The highest BCUT2D eigenvalue weighted by Crippen LogP contribution is 2.41. The summed E-state index contributed by atoms with van der Waals surface area (Å²) in [6, 6.07) is 0. The van der Waals surface area contributed by atoms with Gasteiger partial charge in [0.25, 0.3) is 0 Å². The molecule has 130 valence electrons. The fourth-order valence-corrected chi connectivity index (χ4v) is 2.84. The Bertz CT molecular complexity index is 503. The van der Waals surface area contributed by atoms with Crippen LogP contribution in [0.3, 0.4) is 0 Å². The molecule has 0 bridgehead atoms. The first-order chi connectivity index (χ1) is 9.99. The van der Waals surface area contributed by atoms with Gasteiger partial charge in [0.15, 0.2) is 5.79 Å². The van der Waals surface area contributed by atoms with Crippen molar-refractivity contribution in [2.45, 2.75) is 55.4 Å². The molecule has 0 amide bonds. The van der Waals surface area contributed by atoms with Crippen molar-refractivity contribution in [2.75, 3.05) is 13.2 Å². The van der Waals surface area contributed by atoms with Gasteiger partial charge < -0.3 is 14.2 Å². The summed E-state index contributed by atoms with van der Waals surface area (Å²) in [7, 11) is -6.31. The van der Waals surface area contributed by atoms with Crippen LogP contribution >= 0.6 is 0 Å². The van der Waals surface area contributed by atoms with E-state index in [-0.39, 0.29) is 6.61 Å². The second kappa shape index (κ2) is 5.86. The van der Waals surface area contributed by atoms with Crippen LogP contribution in [-0.2, 0) is 24.3 Å². The Labute approximate surface area is 124 Å². The van der Waals surface area contributed by atoms with Gasteiger partial charge in [0.1, 0.15) is 6.10 Å². The van der Waals surface area contributed by atoms with E-state index in [2.05, 4.69) is 4.74 Å². The van der Waals surface area contributed by atoms with E-state index < -0.39 is 40.0 Å². The third-order valence-corrected chi connectivity index (χ3v) is 4.53. The summed E-state index contributed by atoms with van der Waals surface area (Å²) in [6.07, 6.45) is -2.58. The van der Waals surface area contributed by atoms with Crippen molar-refractivity contribution in [1.82, 2.24) is 0 Å². The highest BCUT2D eigenvalue weighted by molar-refractivity contribution is 7.86. The van der Waals surface area contributed by atoms with Crippen molar-refractivity contribution in [3.63, 3.8) is 0 Å². The van der Waals surface area contributed by atoms with Gasteiger partial charge in [-0.25, -0.2) is 0 Å². The first kappa shape index (κ1) is 17.9. The summed E-state index contributed by atoms with van der Waals surface area (Å²) in [5.41, 5.74) is 0. The van der Waals surface area contributed by atoms with Crippen molar-refractivity contribution in [3.8, 4) is 0 Å². The number of halogens is 4. The van der Waals surface area contributed by atoms with Crippen LogP contribution in [0.5, 0.6) is 0 Å². The average Bonchev–Trinajstić information content (AvgIpc) is 2.79. The lowest BCUT2D eigenvalue weighted by Gasteiger charge is -2.32. The number of rotatable bonds is 5. The van der Waals surface area contributed by atoms with Crippen LogP contribution in [0.25, 0.3) is 0 Å². The van der Waals surface area contributed by atoms with Crippen molar-refractivity contribution >= 4 is 10.1 Å². The molecule has 2 fully saturated rings. The van der Waals surface area contributed by atoms with Crippen LogP contribution in [-0.4, -0.2) is 49.4 Å². The van der Waals surface area contributed by atoms with E-state index in [0.717, 1.165) is 19.3 Å². The van der Waals surface area contributed by atoms with Crippen LogP contribution in [0.4, 0.5) is 17.6 Å². The minimum atomic E-state index is -6.31. The van der Waals surface area contributed by atoms with Gasteiger partial charge in [-0.05, 0) is 12.8 Å². The number of ether oxygens (including phenoxy) is 3. The molecule has 1 unspecified atom stereocenters. The minimum Gasteiger partial charge on any atom is -0.347 e. The van der Waals surface area contributed by atoms with Crippen molar-refractivity contribution in [2.24, 2.45) is 0 Å². The van der Waals surface area contributed by atoms with Crippen molar-refractivity contribution < 1.29 is 44.7 Å². The molecule has 2 rings (SSSR count). The highest BCUT2D eigenvalue weighted by atomic mass is 32.2. The Morgan fingerprint density at radius 1 is 1.18 bits per heavy atom. The Balaban J connectivity index is 1.93. The lowest BCUT2D eigenvalue weighted by atomic mass is 9.94. The van der Waals surface area contributed by atoms with Crippen LogP contribution in [0.15, 0.2) is 0 Å². The molecule has 11 heteroatoms. The number of alkyl halides is 4. The fraction of sp³-hybridized carbons (Fsp3) is 1.00. The summed E-state index contributed by atoms with van der Waals surface area (Å²) in [5, 5.41) is -5.75. The summed E-state index contributed by atoms with van der Waals surface area (Å²) >= 11 is 0. The SMILES string of the molecule is O=S(=O)(O)C(F)(F)C(F)(F)OCC1COC2(CCCCC2)O1. The van der Waals surface area contributed by atoms with Gasteiger partial charge in [-0.2, -0.15) is 26.0 Å². The molecule has 1 saturated heterocycles. The predicted molar refractivity (Wildman–Crippen MR) is 64.0 cm³/mol. The predicted octanol–water partition coefficient (Wildman–Crippen LogP) is 2.15. The van der Waals surface area contributed by atoms with E-state index in [1.165, 1.54) is 0 Å². The molecule has 1 atom stereocenters. The summed E-state index contributed by atoms with van der Waals surface area (Å²) in [5.74, 6) is -0.896. The lowest BCUT2D eigenvalue weighted by Crippen LogP contribution is -2.49. The number of hydrogen-bond donors (Lipinski definition) is 1. The van der Waals surface area contributed by atoms with Crippen LogP contribution in [0.2, 0.25) is 0 Å². The van der Waals surface area contributed by atoms with Crippen molar-refractivity contribution in [1.29, 1.82) is 0 Å². The molecule has 0 aromatic rings. The van der Waals surface area contributed by atoms with E-state index in [1.54, 1.807) is 0 Å². The number of hydrogen-bond acceptors (Lipinski definition) is 5. The molecule has 0 radical (unpaired) electrons. The van der Waals surface area contributed by atoms with E-state index >= 15 is 0 Å². The van der Waals surface area contributed by atoms with E-state index in [9.17, 15) is 26.0 Å². The second-order valence-electron chi connectivity index (χ2n) is 5.34. The zero-order chi connectivity index (χ0) is 16.6. The van der Waals surface area contributed by atoms with E-state index in [0.29, 0.717) is 12.8 Å². The van der Waals surface area contributed by atoms with Gasteiger partial charge in [-0.1, -0.05) is 6.42 Å². The first-order valence-electron chi connectivity index (χ1n) is 6.67. The monoisotopic (exact) mass is 352 g/mol.